The number of nitrogens with one attached hydrogen (secondary N) is 1. The van der Waals surface area contributed by atoms with Crippen molar-refractivity contribution in [1.29, 1.82) is 0 Å². The van der Waals surface area contributed by atoms with Crippen LogP contribution >= 0.6 is 0 Å². The maximum absolute atomic E-state index is 12.0. The highest BCUT2D eigenvalue weighted by atomic mass is 16.1. The smallest absolute Gasteiger partial charge is 0.251 e. The molecule has 1 aromatic heterocycles. The summed E-state index contributed by atoms with van der Waals surface area (Å²) in [5, 5.41) is 3.07. The summed E-state index contributed by atoms with van der Waals surface area (Å²) in [4.78, 5) is 15.9. The van der Waals surface area contributed by atoms with Gasteiger partial charge in [0.25, 0.3) is 5.91 Å². The first kappa shape index (κ1) is 11.9. The van der Waals surface area contributed by atoms with E-state index in [0.29, 0.717) is 23.3 Å². The number of nitrogen functional groups attached to an aromatic ring is 1. The zero-order chi connectivity index (χ0) is 12.3. The van der Waals surface area contributed by atoms with Crippen LogP contribution in [0.2, 0.25) is 0 Å². The van der Waals surface area contributed by atoms with Gasteiger partial charge in [0.1, 0.15) is 5.82 Å². The molecule has 1 aliphatic rings. The molecular formula is C13H19N3O. The average Bonchev–Trinajstić information content (AvgIpc) is 2.29. The molecule has 0 spiro atoms. The van der Waals surface area contributed by atoms with Gasteiger partial charge in [0.2, 0.25) is 0 Å². The van der Waals surface area contributed by atoms with Gasteiger partial charge in [-0.05, 0) is 30.9 Å². The number of nitrogens with two attached hydrogens (primary N) is 1. The van der Waals surface area contributed by atoms with Crippen LogP contribution in [0.3, 0.4) is 0 Å². The summed E-state index contributed by atoms with van der Waals surface area (Å²) in [6.07, 6.45) is 6.19. The number of nitrogens with zero attached hydrogens (tertiary/aromatic N) is 1. The summed E-state index contributed by atoms with van der Waals surface area (Å²) in [7, 11) is 0. The Labute approximate surface area is 102 Å². The van der Waals surface area contributed by atoms with Gasteiger partial charge in [0.15, 0.2) is 0 Å². The van der Waals surface area contributed by atoms with Gasteiger partial charge in [0, 0.05) is 17.8 Å². The molecule has 2 atom stereocenters. The second kappa shape index (κ2) is 5.17. The Balaban J connectivity index is 1.97. The van der Waals surface area contributed by atoms with Gasteiger partial charge in [-0.25, -0.2) is 4.98 Å². The van der Waals surface area contributed by atoms with Crippen LogP contribution in [0.1, 0.15) is 43.0 Å². The third-order valence-electron chi connectivity index (χ3n) is 3.31. The molecule has 92 valence electrons. The van der Waals surface area contributed by atoms with Gasteiger partial charge < -0.3 is 11.1 Å². The van der Waals surface area contributed by atoms with Crippen LogP contribution in [0.15, 0.2) is 18.3 Å². The first-order valence-electron chi connectivity index (χ1n) is 6.17. The molecule has 1 aliphatic carbocycles. The molecule has 1 saturated carbocycles. The van der Waals surface area contributed by atoms with E-state index in [1.54, 1.807) is 18.3 Å². The maximum Gasteiger partial charge on any atom is 0.251 e. The third kappa shape index (κ3) is 3.19. The topological polar surface area (TPSA) is 68.0 Å². The minimum Gasteiger partial charge on any atom is -0.384 e. The van der Waals surface area contributed by atoms with E-state index in [9.17, 15) is 4.79 Å². The molecule has 0 aromatic carbocycles. The highest BCUT2D eigenvalue weighted by Gasteiger charge is 2.20. The average molecular weight is 233 g/mol. The molecule has 3 N–H and O–H groups in total. The van der Waals surface area contributed by atoms with Crippen molar-refractivity contribution < 1.29 is 4.79 Å². The number of pyridine rings is 1. The zero-order valence-electron chi connectivity index (χ0n) is 10.1. The summed E-state index contributed by atoms with van der Waals surface area (Å²) >= 11 is 0. The standard InChI is InChI=1S/C13H19N3O/c1-9-3-2-4-11(7-9)16-13(17)10-5-6-15-12(14)8-10/h5-6,8-9,11H,2-4,7H2,1H3,(H2,14,15)(H,16,17). The number of amides is 1. The van der Waals surface area contributed by atoms with Crippen molar-refractivity contribution in [2.24, 2.45) is 5.92 Å². The number of hydrogen-bond donors (Lipinski definition) is 2. The summed E-state index contributed by atoms with van der Waals surface area (Å²) < 4.78 is 0. The van der Waals surface area contributed by atoms with E-state index < -0.39 is 0 Å². The molecule has 0 radical (unpaired) electrons. The van der Waals surface area contributed by atoms with E-state index in [2.05, 4.69) is 17.2 Å². The predicted molar refractivity (Wildman–Crippen MR) is 67.5 cm³/mol. The van der Waals surface area contributed by atoms with Crippen molar-refractivity contribution in [3.8, 4) is 0 Å². The molecule has 17 heavy (non-hydrogen) atoms. The largest absolute Gasteiger partial charge is 0.384 e. The Bertz CT molecular complexity index is 405. The fourth-order valence-electron chi connectivity index (χ4n) is 2.42. The normalized spacial score (nSPS) is 24.3. The molecule has 2 rings (SSSR count). The number of carbonyl (C=O) groups excluding carboxylic acids is 1. The van der Waals surface area contributed by atoms with Crippen molar-refractivity contribution in [3.63, 3.8) is 0 Å². The van der Waals surface area contributed by atoms with Gasteiger partial charge in [0.05, 0.1) is 0 Å². The van der Waals surface area contributed by atoms with Crippen LogP contribution in [-0.4, -0.2) is 16.9 Å². The van der Waals surface area contributed by atoms with E-state index >= 15 is 0 Å². The van der Waals surface area contributed by atoms with Crippen LogP contribution in [0, 0.1) is 5.92 Å². The van der Waals surface area contributed by atoms with Gasteiger partial charge >= 0.3 is 0 Å². The van der Waals surface area contributed by atoms with E-state index in [1.165, 1.54) is 12.8 Å². The monoisotopic (exact) mass is 233 g/mol. The SMILES string of the molecule is CC1CCCC(NC(=O)c2ccnc(N)c2)C1. The van der Waals surface area contributed by atoms with Crippen LogP contribution in [0.5, 0.6) is 0 Å². The Morgan fingerprint density at radius 1 is 1.53 bits per heavy atom. The van der Waals surface area contributed by atoms with Crippen molar-refractivity contribution in [3.05, 3.63) is 23.9 Å². The number of hydrogen-bond acceptors (Lipinski definition) is 3. The van der Waals surface area contributed by atoms with Crippen LogP contribution in [-0.2, 0) is 0 Å². The Morgan fingerprint density at radius 3 is 3.06 bits per heavy atom. The highest BCUT2D eigenvalue weighted by Crippen LogP contribution is 2.23. The number of carbonyl (C=O) groups is 1. The molecule has 1 heterocycles. The van der Waals surface area contributed by atoms with Crippen LogP contribution < -0.4 is 11.1 Å². The van der Waals surface area contributed by atoms with Crippen molar-refractivity contribution >= 4 is 11.7 Å². The molecule has 4 nitrogen and oxygen atoms in total. The Hall–Kier alpha value is -1.58. The second-order valence-corrected chi connectivity index (χ2v) is 4.91. The Morgan fingerprint density at radius 2 is 2.35 bits per heavy atom. The molecule has 2 unspecified atom stereocenters. The van der Waals surface area contributed by atoms with Crippen molar-refractivity contribution in [2.75, 3.05) is 5.73 Å². The third-order valence-corrected chi connectivity index (χ3v) is 3.31. The van der Waals surface area contributed by atoms with Crippen LogP contribution in [0.4, 0.5) is 5.82 Å². The minimum absolute atomic E-state index is 0.0433. The fourth-order valence-corrected chi connectivity index (χ4v) is 2.42. The maximum atomic E-state index is 12.0. The van der Waals surface area contributed by atoms with E-state index in [1.807, 2.05) is 0 Å². The minimum atomic E-state index is -0.0433. The molecule has 0 bridgehead atoms. The van der Waals surface area contributed by atoms with Crippen molar-refractivity contribution in [2.45, 2.75) is 38.6 Å². The molecule has 0 saturated heterocycles. The van der Waals surface area contributed by atoms with Gasteiger partial charge in [-0.2, -0.15) is 0 Å². The quantitative estimate of drug-likeness (QED) is 0.820. The first-order chi connectivity index (χ1) is 8.15. The van der Waals surface area contributed by atoms with E-state index in [0.717, 1.165) is 12.8 Å². The molecule has 1 aromatic rings. The fraction of sp³-hybridized carbons (Fsp3) is 0.538. The van der Waals surface area contributed by atoms with E-state index in [4.69, 9.17) is 5.73 Å². The molecular weight excluding hydrogens is 214 g/mol. The van der Waals surface area contributed by atoms with E-state index in [-0.39, 0.29) is 5.91 Å². The molecule has 1 amide bonds. The number of aromatic nitrogens is 1. The molecule has 0 aliphatic heterocycles. The Kier molecular flexibility index (Phi) is 3.61. The molecule has 1 fully saturated rings. The lowest BCUT2D eigenvalue weighted by molar-refractivity contribution is 0.0921. The van der Waals surface area contributed by atoms with Gasteiger partial charge in [-0.15, -0.1) is 0 Å². The lowest BCUT2D eigenvalue weighted by Gasteiger charge is -2.27. The van der Waals surface area contributed by atoms with Gasteiger partial charge in [-0.3, -0.25) is 4.79 Å². The summed E-state index contributed by atoms with van der Waals surface area (Å²) in [5.41, 5.74) is 6.15. The summed E-state index contributed by atoms with van der Waals surface area (Å²) in [6, 6.07) is 3.61. The number of anilines is 1. The van der Waals surface area contributed by atoms with Crippen LogP contribution in [0.25, 0.3) is 0 Å². The van der Waals surface area contributed by atoms with Gasteiger partial charge in [-0.1, -0.05) is 19.8 Å². The predicted octanol–water partition coefficient (Wildman–Crippen LogP) is 1.97. The molecule has 4 heteroatoms. The highest BCUT2D eigenvalue weighted by molar-refractivity contribution is 5.94. The zero-order valence-corrected chi connectivity index (χ0v) is 10.1. The lowest BCUT2D eigenvalue weighted by atomic mass is 9.87. The lowest BCUT2D eigenvalue weighted by Crippen LogP contribution is -2.38. The van der Waals surface area contributed by atoms with Crippen molar-refractivity contribution in [1.82, 2.24) is 10.3 Å². The summed E-state index contributed by atoms with van der Waals surface area (Å²) in [5.74, 6) is 1.05. The summed E-state index contributed by atoms with van der Waals surface area (Å²) in [6.45, 7) is 2.24. The first-order valence-corrected chi connectivity index (χ1v) is 6.17. The number of rotatable bonds is 2. The second-order valence-electron chi connectivity index (χ2n) is 4.91.